The second-order valence-electron chi connectivity index (χ2n) is 6.45. The van der Waals surface area contributed by atoms with Crippen LogP contribution in [0.2, 0.25) is 0 Å². The summed E-state index contributed by atoms with van der Waals surface area (Å²) in [6.07, 6.45) is 2.16. The molecule has 130 valence electrons. The van der Waals surface area contributed by atoms with Crippen molar-refractivity contribution >= 4 is 5.91 Å². The van der Waals surface area contributed by atoms with Crippen LogP contribution in [0.5, 0.6) is 5.88 Å². The summed E-state index contributed by atoms with van der Waals surface area (Å²) in [5, 5.41) is 0. The highest BCUT2D eigenvalue weighted by atomic mass is 16.5. The average Bonchev–Trinajstić information content (AvgIpc) is 2.66. The molecule has 4 nitrogen and oxygen atoms in total. The monoisotopic (exact) mass is 344 g/mol. The molecular weight excluding hydrogens is 324 g/mol. The summed E-state index contributed by atoms with van der Waals surface area (Å²) in [6, 6.07) is 24.0. The molecule has 0 spiro atoms. The van der Waals surface area contributed by atoms with Crippen molar-refractivity contribution in [3.05, 3.63) is 84.6 Å². The molecule has 2 heterocycles. The molecule has 0 N–H and O–H groups in total. The van der Waals surface area contributed by atoms with Gasteiger partial charge in [-0.2, -0.15) is 0 Å². The molecule has 1 amide bonds. The molecule has 26 heavy (non-hydrogen) atoms. The Balaban J connectivity index is 1.29. The minimum atomic E-state index is 0.0364. The fourth-order valence-corrected chi connectivity index (χ4v) is 3.04. The van der Waals surface area contributed by atoms with Crippen molar-refractivity contribution in [3.8, 4) is 17.0 Å². The fourth-order valence-electron chi connectivity index (χ4n) is 3.04. The first-order chi connectivity index (χ1) is 12.8. The van der Waals surface area contributed by atoms with Gasteiger partial charge in [-0.05, 0) is 22.8 Å². The number of hydrogen-bond donors (Lipinski definition) is 0. The van der Waals surface area contributed by atoms with Crippen LogP contribution in [0.25, 0.3) is 11.1 Å². The van der Waals surface area contributed by atoms with Crippen molar-refractivity contribution in [1.82, 2.24) is 9.88 Å². The lowest BCUT2D eigenvalue weighted by molar-refractivity contribution is -0.139. The predicted molar refractivity (Wildman–Crippen MR) is 101 cm³/mol. The van der Waals surface area contributed by atoms with Crippen LogP contribution in [0.4, 0.5) is 0 Å². The van der Waals surface area contributed by atoms with Crippen LogP contribution < -0.4 is 4.74 Å². The Morgan fingerprint density at radius 3 is 2.31 bits per heavy atom. The fraction of sp³-hybridized carbons (Fsp3) is 0.182. The Morgan fingerprint density at radius 2 is 1.62 bits per heavy atom. The molecule has 0 atom stereocenters. The predicted octanol–water partition coefficient (Wildman–Crippen LogP) is 3.58. The molecule has 4 heteroatoms. The molecule has 0 bridgehead atoms. The van der Waals surface area contributed by atoms with Crippen LogP contribution in [-0.4, -0.2) is 35.0 Å². The van der Waals surface area contributed by atoms with Gasteiger partial charge in [0.15, 0.2) is 0 Å². The molecule has 2 aromatic carbocycles. The van der Waals surface area contributed by atoms with Gasteiger partial charge in [0, 0.05) is 12.3 Å². The molecular formula is C22H20N2O2. The number of nitrogens with zero attached hydrogens (tertiary/aromatic N) is 2. The highest BCUT2D eigenvalue weighted by Crippen LogP contribution is 2.21. The zero-order valence-electron chi connectivity index (χ0n) is 14.4. The lowest BCUT2D eigenvalue weighted by atomic mass is 10.0. The largest absolute Gasteiger partial charge is 0.471 e. The summed E-state index contributed by atoms with van der Waals surface area (Å²) < 4.78 is 5.74. The van der Waals surface area contributed by atoms with Crippen LogP contribution in [-0.2, 0) is 11.2 Å². The SMILES string of the molecule is O=C(Cc1ccc(-c2ccccc2)cc1)N1CC(Oc2ccccn2)C1. The summed E-state index contributed by atoms with van der Waals surface area (Å²) in [5.74, 6) is 0.749. The molecule has 0 unspecified atom stereocenters. The van der Waals surface area contributed by atoms with Crippen molar-refractivity contribution < 1.29 is 9.53 Å². The third-order valence-corrected chi connectivity index (χ3v) is 4.54. The molecule has 1 aliphatic heterocycles. The Labute approximate surface area is 153 Å². The Morgan fingerprint density at radius 1 is 0.923 bits per heavy atom. The molecule has 1 aliphatic rings. The van der Waals surface area contributed by atoms with Gasteiger partial charge >= 0.3 is 0 Å². The Bertz CT molecular complexity index is 858. The second kappa shape index (κ2) is 7.40. The minimum Gasteiger partial charge on any atom is -0.471 e. The van der Waals surface area contributed by atoms with Gasteiger partial charge in [-0.1, -0.05) is 60.7 Å². The molecule has 0 aliphatic carbocycles. The number of hydrogen-bond acceptors (Lipinski definition) is 3. The number of ether oxygens (including phenoxy) is 1. The van der Waals surface area contributed by atoms with Crippen molar-refractivity contribution in [1.29, 1.82) is 0 Å². The molecule has 1 fully saturated rings. The number of aromatic nitrogens is 1. The Hall–Kier alpha value is -3.14. The summed E-state index contributed by atoms with van der Waals surface area (Å²) in [5.41, 5.74) is 3.38. The van der Waals surface area contributed by atoms with E-state index in [1.807, 2.05) is 53.4 Å². The highest BCUT2D eigenvalue weighted by Gasteiger charge is 2.32. The number of pyridine rings is 1. The highest BCUT2D eigenvalue weighted by molar-refractivity contribution is 5.80. The maximum absolute atomic E-state index is 12.4. The van der Waals surface area contributed by atoms with Crippen LogP contribution in [0.1, 0.15) is 5.56 Å². The van der Waals surface area contributed by atoms with Gasteiger partial charge in [-0.3, -0.25) is 4.79 Å². The zero-order valence-corrected chi connectivity index (χ0v) is 14.4. The quantitative estimate of drug-likeness (QED) is 0.710. The summed E-state index contributed by atoms with van der Waals surface area (Å²) in [4.78, 5) is 18.4. The van der Waals surface area contributed by atoms with Crippen molar-refractivity contribution in [2.24, 2.45) is 0 Å². The summed E-state index contributed by atoms with van der Waals surface area (Å²) in [6.45, 7) is 1.25. The topological polar surface area (TPSA) is 42.4 Å². The second-order valence-corrected chi connectivity index (χ2v) is 6.45. The van der Waals surface area contributed by atoms with E-state index >= 15 is 0 Å². The van der Waals surface area contributed by atoms with Gasteiger partial charge in [0.05, 0.1) is 19.5 Å². The number of rotatable bonds is 5. The first-order valence-corrected chi connectivity index (χ1v) is 8.78. The average molecular weight is 344 g/mol. The zero-order chi connectivity index (χ0) is 17.8. The summed E-state index contributed by atoms with van der Waals surface area (Å²) >= 11 is 0. The van der Waals surface area contributed by atoms with Crippen molar-refractivity contribution in [2.75, 3.05) is 13.1 Å². The molecule has 4 rings (SSSR count). The smallest absolute Gasteiger partial charge is 0.227 e. The van der Waals surface area contributed by atoms with Crippen LogP contribution in [0, 0.1) is 0 Å². The molecule has 0 saturated carbocycles. The van der Waals surface area contributed by atoms with Gasteiger partial charge in [0.1, 0.15) is 6.10 Å². The third kappa shape index (κ3) is 3.75. The molecule has 3 aromatic rings. The maximum Gasteiger partial charge on any atom is 0.227 e. The van der Waals surface area contributed by atoms with Crippen molar-refractivity contribution in [2.45, 2.75) is 12.5 Å². The van der Waals surface area contributed by atoms with E-state index in [1.54, 1.807) is 6.20 Å². The number of carbonyl (C=O) groups excluding carboxylic acids is 1. The molecule has 1 aromatic heterocycles. The van der Waals surface area contributed by atoms with E-state index in [0.717, 1.165) is 11.1 Å². The minimum absolute atomic E-state index is 0.0364. The Kier molecular flexibility index (Phi) is 4.65. The maximum atomic E-state index is 12.4. The summed E-state index contributed by atoms with van der Waals surface area (Å²) in [7, 11) is 0. The van der Waals surface area contributed by atoms with Gasteiger partial charge in [-0.15, -0.1) is 0 Å². The van der Waals surface area contributed by atoms with Crippen LogP contribution in [0.3, 0.4) is 0 Å². The van der Waals surface area contributed by atoms with E-state index in [9.17, 15) is 4.79 Å². The van der Waals surface area contributed by atoms with E-state index in [1.165, 1.54) is 5.56 Å². The van der Waals surface area contributed by atoms with E-state index in [2.05, 4.69) is 29.2 Å². The van der Waals surface area contributed by atoms with Gasteiger partial charge < -0.3 is 9.64 Å². The van der Waals surface area contributed by atoms with Crippen LogP contribution >= 0.6 is 0 Å². The van der Waals surface area contributed by atoms with Gasteiger partial charge in [-0.25, -0.2) is 4.98 Å². The molecule has 0 radical (unpaired) electrons. The first-order valence-electron chi connectivity index (χ1n) is 8.78. The van der Waals surface area contributed by atoms with E-state index in [-0.39, 0.29) is 12.0 Å². The lowest BCUT2D eigenvalue weighted by Gasteiger charge is -2.38. The standard InChI is InChI=1S/C22H20N2O2/c25-22(24-15-20(16-24)26-21-8-4-5-13-23-21)14-17-9-11-19(12-10-17)18-6-2-1-3-7-18/h1-13,20H,14-16H2. The van der Waals surface area contributed by atoms with Crippen molar-refractivity contribution in [3.63, 3.8) is 0 Å². The molecule has 1 saturated heterocycles. The lowest BCUT2D eigenvalue weighted by Crippen LogP contribution is -2.56. The van der Waals surface area contributed by atoms with E-state index in [0.29, 0.717) is 25.4 Å². The van der Waals surface area contributed by atoms with E-state index in [4.69, 9.17) is 4.74 Å². The van der Waals surface area contributed by atoms with Gasteiger partial charge in [0.25, 0.3) is 0 Å². The normalized spacial score (nSPS) is 13.9. The number of amides is 1. The number of carbonyl (C=O) groups is 1. The van der Waals surface area contributed by atoms with Gasteiger partial charge in [0.2, 0.25) is 11.8 Å². The van der Waals surface area contributed by atoms with Crippen LogP contribution in [0.15, 0.2) is 79.0 Å². The van der Waals surface area contributed by atoms with E-state index < -0.39 is 0 Å². The first kappa shape index (κ1) is 16.3. The number of benzene rings is 2. The number of likely N-dealkylation sites (tertiary alicyclic amines) is 1. The third-order valence-electron chi connectivity index (χ3n) is 4.54.